The first-order valence-electron chi connectivity index (χ1n) is 6.30. The zero-order chi connectivity index (χ0) is 15.1. The fraction of sp³-hybridized carbons (Fsp3) is 0.133. The molecule has 0 bridgehead atoms. The van der Waals surface area contributed by atoms with Crippen molar-refractivity contribution < 1.29 is 14.4 Å². The standard InChI is InChI=1S/C15H11ClN2O3/c1-17-7-3-6-11(17)12(19)8-18-13-9(14(20)15(18)21)4-2-5-10(13)16/h2-7H,8H2,1H3. The Morgan fingerprint density at radius 3 is 2.62 bits per heavy atom. The summed E-state index contributed by atoms with van der Waals surface area (Å²) in [4.78, 5) is 37.4. The van der Waals surface area contributed by atoms with Crippen LogP contribution in [0.3, 0.4) is 0 Å². The topological polar surface area (TPSA) is 59.4 Å². The lowest BCUT2D eigenvalue weighted by Gasteiger charge is -2.16. The maximum atomic E-state index is 12.3. The molecule has 0 unspecified atom stereocenters. The van der Waals surface area contributed by atoms with Crippen LogP contribution in [0.25, 0.3) is 0 Å². The number of carbonyl (C=O) groups excluding carboxylic acids is 3. The predicted octanol–water partition coefficient (Wildman–Crippen LogP) is 2.09. The number of ketones is 2. The molecule has 0 radical (unpaired) electrons. The number of hydrogen-bond donors (Lipinski definition) is 0. The Kier molecular flexibility index (Phi) is 3.14. The van der Waals surface area contributed by atoms with Gasteiger partial charge < -0.3 is 4.57 Å². The number of fused-ring (bicyclic) bond motifs is 1. The lowest BCUT2D eigenvalue weighted by molar-refractivity contribution is -0.114. The van der Waals surface area contributed by atoms with Gasteiger partial charge in [0, 0.05) is 13.2 Å². The van der Waals surface area contributed by atoms with Crippen LogP contribution in [-0.4, -0.2) is 28.6 Å². The van der Waals surface area contributed by atoms with Gasteiger partial charge in [0.1, 0.15) is 0 Å². The number of nitrogens with zero attached hydrogens (tertiary/aromatic N) is 2. The van der Waals surface area contributed by atoms with Crippen molar-refractivity contribution in [3.63, 3.8) is 0 Å². The number of Topliss-reactive ketones (excluding diaryl/α,β-unsaturated/α-hetero) is 2. The molecule has 1 aromatic carbocycles. The summed E-state index contributed by atoms with van der Waals surface area (Å²) in [5.74, 6) is -1.61. The molecule has 1 aliphatic heterocycles. The summed E-state index contributed by atoms with van der Waals surface area (Å²) in [6.07, 6.45) is 1.74. The Morgan fingerprint density at radius 2 is 1.95 bits per heavy atom. The molecular weight excluding hydrogens is 292 g/mol. The smallest absolute Gasteiger partial charge is 0.299 e. The zero-order valence-electron chi connectivity index (χ0n) is 11.2. The summed E-state index contributed by atoms with van der Waals surface area (Å²) in [6, 6.07) is 8.14. The number of rotatable bonds is 3. The minimum absolute atomic E-state index is 0.209. The Hall–Kier alpha value is -2.40. The van der Waals surface area contributed by atoms with Crippen molar-refractivity contribution in [1.82, 2.24) is 4.57 Å². The third-order valence-corrected chi connectivity index (χ3v) is 3.78. The first-order valence-corrected chi connectivity index (χ1v) is 6.67. The van der Waals surface area contributed by atoms with Crippen molar-refractivity contribution in [3.8, 4) is 0 Å². The molecule has 3 rings (SSSR count). The third-order valence-electron chi connectivity index (χ3n) is 3.47. The number of benzene rings is 1. The molecular formula is C15H11ClN2O3. The molecule has 106 valence electrons. The number of aryl methyl sites for hydroxylation is 1. The van der Waals surface area contributed by atoms with Gasteiger partial charge in [-0.2, -0.15) is 0 Å². The van der Waals surface area contributed by atoms with Crippen LogP contribution < -0.4 is 4.90 Å². The maximum absolute atomic E-state index is 12.3. The van der Waals surface area contributed by atoms with Crippen LogP contribution in [0, 0.1) is 0 Å². The van der Waals surface area contributed by atoms with E-state index in [1.54, 1.807) is 42.1 Å². The Morgan fingerprint density at radius 1 is 1.19 bits per heavy atom. The highest BCUT2D eigenvalue weighted by atomic mass is 35.5. The van der Waals surface area contributed by atoms with Gasteiger partial charge in [-0.25, -0.2) is 0 Å². The normalized spacial score (nSPS) is 13.7. The lowest BCUT2D eigenvalue weighted by atomic mass is 10.1. The second kappa shape index (κ2) is 4.86. The average molecular weight is 303 g/mol. The number of amides is 1. The van der Waals surface area contributed by atoms with E-state index >= 15 is 0 Å². The van der Waals surface area contributed by atoms with Crippen LogP contribution >= 0.6 is 11.6 Å². The number of hydrogen-bond acceptors (Lipinski definition) is 3. The van der Waals surface area contributed by atoms with Crippen molar-refractivity contribution >= 4 is 34.8 Å². The number of aromatic nitrogens is 1. The van der Waals surface area contributed by atoms with Crippen LogP contribution in [0.5, 0.6) is 0 Å². The molecule has 0 N–H and O–H groups in total. The summed E-state index contributed by atoms with van der Waals surface area (Å²) >= 11 is 6.07. The monoisotopic (exact) mass is 302 g/mol. The van der Waals surface area contributed by atoms with Gasteiger partial charge >= 0.3 is 0 Å². The molecule has 0 fully saturated rings. The molecule has 1 amide bonds. The highest BCUT2D eigenvalue weighted by Crippen LogP contribution is 2.35. The van der Waals surface area contributed by atoms with E-state index < -0.39 is 11.7 Å². The van der Waals surface area contributed by atoms with E-state index in [1.807, 2.05) is 0 Å². The molecule has 21 heavy (non-hydrogen) atoms. The van der Waals surface area contributed by atoms with E-state index in [1.165, 1.54) is 6.07 Å². The molecule has 0 saturated heterocycles. The summed E-state index contributed by atoms with van der Waals surface area (Å²) in [5.41, 5.74) is 1.03. The number of carbonyl (C=O) groups is 3. The number of halogens is 1. The molecule has 2 heterocycles. The van der Waals surface area contributed by atoms with Gasteiger partial charge in [-0.3, -0.25) is 19.3 Å². The van der Waals surface area contributed by atoms with Crippen LogP contribution in [0.2, 0.25) is 5.02 Å². The minimum atomic E-state index is -0.722. The fourth-order valence-corrected chi connectivity index (χ4v) is 2.72. The van der Waals surface area contributed by atoms with Gasteiger partial charge in [-0.05, 0) is 24.3 Å². The van der Waals surface area contributed by atoms with Crippen molar-refractivity contribution in [2.24, 2.45) is 7.05 Å². The van der Waals surface area contributed by atoms with Gasteiger partial charge in [0.25, 0.3) is 11.7 Å². The van der Waals surface area contributed by atoms with E-state index in [2.05, 4.69) is 0 Å². The lowest BCUT2D eigenvalue weighted by Crippen LogP contribution is -2.35. The van der Waals surface area contributed by atoms with Crippen molar-refractivity contribution in [2.75, 3.05) is 11.4 Å². The van der Waals surface area contributed by atoms with Gasteiger partial charge in [0.15, 0.2) is 5.78 Å². The molecule has 0 aliphatic carbocycles. The molecule has 2 aromatic rings. The van der Waals surface area contributed by atoms with Crippen LogP contribution in [0.15, 0.2) is 36.5 Å². The first kappa shape index (κ1) is 13.6. The summed E-state index contributed by atoms with van der Waals surface area (Å²) in [7, 11) is 1.74. The largest absolute Gasteiger partial charge is 0.348 e. The number of para-hydroxylation sites is 1. The highest BCUT2D eigenvalue weighted by molar-refractivity contribution is 6.54. The third kappa shape index (κ3) is 2.06. The molecule has 1 aliphatic rings. The van der Waals surface area contributed by atoms with Gasteiger partial charge in [0.2, 0.25) is 0 Å². The molecule has 5 nitrogen and oxygen atoms in total. The summed E-state index contributed by atoms with van der Waals surface area (Å²) in [6.45, 7) is -0.209. The maximum Gasteiger partial charge on any atom is 0.299 e. The first-order chi connectivity index (χ1) is 10.0. The fourth-order valence-electron chi connectivity index (χ4n) is 2.44. The van der Waals surface area contributed by atoms with E-state index in [0.717, 1.165) is 4.90 Å². The van der Waals surface area contributed by atoms with Crippen LogP contribution in [-0.2, 0) is 11.8 Å². The SMILES string of the molecule is Cn1cccc1C(=O)CN1C(=O)C(=O)c2cccc(Cl)c21. The van der Waals surface area contributed by atoms with Crippen molar-refractivity contribution in [1.29, 1.82) is 0 Å². The Labute approximate surface area is 125 Å². The van der Waals surface area contributed by atoms with Crippen LogP contribution in [0.1, 0.15) is 20.8 Å². The quantitative estimate of drug-likeness (QED) is 0.644. The van der Waals surface area contributed by atoms with Crippen LogP contribution in [0.4, 0.5) is 5.69 Å². The van der Waals surface area contributed by atoms with Crippen molar-refractivity contribution in [2.45, 2.75) is 0 Å². The molecule has 0 spiro atoms. The van der Waals surface area contributed by atoms with Gasteiger partial charge in [-0.1, -0.05) is 17.7 Å². The van der Waals surface area contributed by atoms with E-state index in [4.69, 9.17) is 11.6 Å². The highest BCUT2D eigenvalue weighted by Gasteiger charge is 2.38. The molecule has 1 aromatic heterocycles. The molecule has 0 saturated carbocycles. The van der Waals surface area contributed by atoms with Crippen molar-refractivity contribution in [3.05, 3.63) is 52.8 Å². The predicted molar refractivity (Wildman–Crippen MR) is 77.9 cm³/mol. The molecule has 0 atom stereocenters. The molecule has 6 heteroatoms. The van der Waals surface area contributed by atoms with Gasteiger partial charge in [-0.15, -0.1) is 0 Å². The number of anilines is 1. The summed E-state index contributed by atoms with van der Waals surface area (Å²) in [5, 5.41) is 0.284. The van der Waals surface area contributed by atoms with E-state index in [9.17, 15) is 14.4 Å². The Bertz CT molecular complexity index is 779. The Balaban J connectivity index is 1.98. The van der Waals surface area contributed by atoms with Gasteiger partial charge in [0.05, 0.1) is 28.5 Å². The van der Waals surface area contributed by atoms with E-state index in [0.29, 0.717) is 11.4 Å². The zero-order valence-corrected chi connectivity index (χ0v) is 11.9. The summed E-state index contributed by atoms with van der Waals surface area (Å²) < 4.78 is 1.66. The van der Waals surface area contributed by atoms with E-state index in [-0.39, 0.29) is 22.9 Å². The second-order valence-electron chi connectivity index (χ2n) is 4.78. The second-order valence-corrected chi connectivity index (χ2v) is 5.19. The minimum Gasteiger partial charge on any atom is -0.348 e. The average Bonchev–Trinajstić information content (AvgIpc) is 2.98.